The van der Waals surface area contributed by atoms with Crippen LogP contribution in [-0.4, -0.2) is 17.6 Å². The lowest BCUT2D eigenvalue weighted by Gasteiger charge is -2.07. The Morgan fingerprint density at radius 2 is 2.24 bits per heavy atom. The predicted octanol–water partition coefficient (Wildman–Crippen LogP) is 2.87. The molecule has 1 aromatic heterocycles. The smallest absolute Gasteiger partial charge is 0.310 e. The summed E-state index contributed by atoms with van der Waals surface area (Å²) in [6, 6.07) is 0.888. The molecule has 17 heavy (non-hydrogen) atoms. The number of aromatic nitrogens is 1. The molecule has 0 atom stereocenters. The first-order chi connectivity index (χ1) is 7.95. The number of carbonyl (C=O) groups excluding carboxylic acids is 1. The number of hydrogen-bond acceptors (Lipinski definition) is 3. The number of pyridine rings is 1. The predicted molar refractivity (Wildman–Crippen MR) is 62.2 cm³/mol. The van der Waals surface area contributed by atoms with E-state index in [-0.39, 0.29) is 22.3 Å². The van der Waals surface area contributed by atoms with Crippen molar-refractivity contribution in [3.05, 3.63) is 26.8 Å². The van der Waals surface area contributed by atoms with Gasteiger partial charge in [0.15, 0.2) is 5.82 Å². The Bertz CT molecular complexity index is 426. The number of ether oxygens (including phenoxy) is 1. The van der Waals surface area contributed by atoms with Crippen LogP contribution in [0.25, 0.3) is 0 Å². The maximum Gasteiger partial charge on any atom is 0.310 e. The number of rotatable bonds is 4. The van der Waals surface area contributed by atoms with Crippen LogP contribution in [0.15, 0.2) is 6.07 Å². The third-order valence-electron chi connectivity index (χ3n) is 1.88. The zero-order valence-corrected chi connectivity index (χ0v) is 11.0. The molecule has 3 nitrogen and oxygen atoms in total. The minimum atomic E-state index is -2.80. The van der Waals surface area contributed by atoms with Crippen molar-refractivity contribution < 1.29 is 22.7 Å². The van der Waals surface area contributed by atoms with Crippen LogP contribution in [-0.2, 0) is 16.0 Å². The molecule has 0 fully saturated rings. The second-order valence-electron chi connectivity index (χ2n) is 3.09. The average molecular weight is 359 g/mol. The summed E-state index contributed by atoms with van der Waals surface area (Å²) in [4.78, 5) is 14.6. The van der Waals surface area contributed by atoms with E-state index in [0.717, 1.165) is 6.07 Å². The zero-order valence-electron chi connectivity index (χ0n) is 8.84. The van der Waals surface area contributed by atoms with Gasteiger partial charge in [-0.1, -0.05) is 0 Å². The first-order valence-electron chi connectivity index (χ1n) is 4.74. The fraction of sp³-hybridized carbons (Fsp3) is 0.400. The van der Waals surface area contributed by atoms with Crippen molar-refractivity contribution >= 4 is 28.6 Å². The summed E-state index contributed by atoms with van der Waals surface area (Å²) >= 11 is 1.51. The molecule has 0 saturated carbocycles. The summed E-state index contributed by atoms with van der Waals surface area (Å²) in [5, 5.41) is 0. The van der Waals surface area contributed by atoms with Crippen LogP contribution in [0.5, 0.6) is 0 Å². The SMILES string of the molecule is CCOC(=O)Cc1cc(C(F)F)nc(I)c1F. The van der Waals surface area contributed by atoms with Crippen molar-refractivity contribution in [2.75, 3.05) is 6.61 Å². The van der Waals surface area contributed by atoms with Crippen LogP contribution in [0.2, 0.25) is 0 Å². The number of nitrogens with zero attached hydrogens (tertiary/aromatic N) is 1. The highest BCUT2D eigenvalue weighted by molar-refractivity contribution is 14.1. The van der Waals surface area contributed by atoms with Crippen LogP contribution >= 0.6 is 22.6 Å². The fourth-order valence-corrected chi connectivity index (χ4v) is 1.80. The third-order valence-corrected chi connectivity index (χ3v) is 2.59. The molecule has 0 aliphatic carbocycles. The van der Waals surface area contributed by atoms with Crippen LogP contribution in [0.4, 0.5) is 13.2 Å². The van der Waals surface area contributed by atoms with E-state index in [0.29, 0.717) is 0 Å². The minimum absolute atomic E-state index is 0.127. The standard InChI is InChI=1S/C10H9F3INO2/c1-2-17-7(16)4-5-3-6(9(12)13)15-10(14)8(5)11/h3,9H,2,4H2,1H3. The molecule has 0 N–H and O–H groups in total. The fourth-order valence-electron chi connectivity index (χ4n) is 1.18. The third kappa shape index (κ3) is 3.83. The molecule has 1 heterocycles. The van der Waals surface area contributed by atoms with E-state index in [1.165, 1.54) is 22.6 Å². The van der Waals surface area contributed by atoms with E-state index in [4.69, 9.17) is 0 Å². The van der Waals surface area contributed by atoms with Gasteiger partial charge in [0.25, 0.3) is 6.43 Å². The summed E-state index contributed by atoms with van der Waals surface area (Å²) in [6.45, 7) is 1.76. The van der Waals surface area contributed by atoms with Crippen LogP contribution in [0.1, 0.15) is 24.6 Å². The Morgan fingerprint density at radius 1 is 1.59 bits per heavy atom. The lowest BCUT2D eigenvalue weighted by molar-refractivity contribution is -0.142. The molecule has 7 heteroatoms. The van der Waals surface area contributed by atoms with E-state index in [1.807, 2.05) is 0 Å². The largest absolute Gasteiger partial charge is 0.466 e. The van der Waals surface area contributed by atoms with E-state index < -0.39 is 23.9 Å². The van der Waals surface area contributed by atoms with Gasteiger partial charge in [-0.05, 0) is 35.6 Å². The van der Waals surface area contributed by atoms with E-state index in [1.54, 1.807) is 6.92 Å². The molecular formula is C10H9F3INO2. The van der Waals surface area contributed by atoms with Gasteiger partial charge >= 0.3 is 5.97 Å². The van der Waals surface area contributed by atoms with Crippen molar-refractivity contribution in [1.29, 1.82) is 0 Å². The van der Waals surface area contributed by atoms with E-state index in [2.05, 4.69) is 9.72 Å². The maximum absolute atomic E-state index is 13.5. The molecule has 0 aliphatic rings. The van der Waals surface area contributed by atoms with Gasteiger partial charge in [-0.25, -0.2) is 18.2 Å². The Hall–Kier alpha value is -0.860. The molecular weight excluding hydrogens is 350 g/mol. The van der Waals surface area contributed by atoms with Gasteiger partial charge in [0.2, 0.25) is 0 Å². The first kappa shape index (κ1) is 14.2. The molecule has 1 rings (SSSR count). The molecule has 0 amide bonds. The molecule has 0 bridgehead atoms. The van der Waals surface area contributed by atoms with Gasteiger partial charge in [0.1, 0.15) is 9.39 Å². The van der Waals surface area contributed by atoms with Gasteiger partial charge in [0, 0.05) is 5.56 Å². The number of halogens is 4. The highest BCUT2D eigenvalue weighted by atomic mass is 127. The summed E-state index contributed by atoms with van der Waals surface area (Å²) < 4.78 is 42.8. The number of hydrogen-bond donors (Lipinski definition) is 0. The zero-order chi connectivity index (χ0) is 13.0. The maximum atomic E-state index is 13.5. The average Bonchev–Trinajstić information content (AvgIpc) is 2.24. The highest BCUT2D eigenvalue weighted by Gasteiger charge is 2.18. The normalized spacial score (nSPS) is 10.7. The van der Waals surface area contributed by atoms with Crippen LogP contribution < -0.4 is 0 Å². The Kier molecular flexibility index (Phi) is 5.16. The van der Waals surface area contributed by atoms with Crippen molar-refractivity contribution in [3.8, 4) is 0 Å². The van der Waals surface area contributed by atoms with Gasteiger partial charge in [-0.15, -0.1) is 0 Å². The highest BCUT2D eigenvalue weighted by Crippen LogP contribution is 2.22. The molecule has 0 aliphatic heterocycles. The molecule has 0 radical (unpaired) electrons. The van der Waals surface area contributed by atoms with Crippen molar-refractivity contribution in [3.63, 3.8) is 0 Å². The molecule has 94 valence electrons. The molecule has 1 aromatic rings. The van der Waals surface area contributed by atoms with Gasteiger partial charge < -0.3 is 4.74 Å². The van der Waals surface area contributed by atoms with Crippen molar-refractivity contribution in [2.24, 2.45) is 0 Å². The second kappa shape index (κ2) is 6.18. The van der Waals surface area contributed by atoms with Gasteiger partial charge in [-0.3, -0.25) is 4.79 Å². The number of carbonyl (C=O) groups is 1. The Morgan fingerprint density at radius 3 is 2.76 bits per heavy atom. The van der Waals surface area contributed by atoms with Crippen molar-refractivity contribution in [1.82, 2.24) is 4.98 Å². The lowest BCUT2D eigenvalue weighted by Crippen LogP contribution is -2.11. The summed E-state index contributed by atoms with van der Waals surface area (Å²) in [5.74, 6) is -1.42. The second-order valence-corrected chi connectivity index (χ2v) is 4.12. The summed E-state index contributed by atoms with van der Waals surface area (Å²) in [6.07, 6.45) is -3.18. The van der Waals surface area contributed by atoms with E-state index >= 15 is 0 Å². The van der Waals surface area contributed by atoms with Crippen LogP contribution in [0, 0.1) is 9.52 Å². The van der Waals surface area contributed by atoms with E-state index in [9.17, 15) is 18.0 Å². The topological polar surface area (TPSA) is 39.2 Å². The lowest BCUT2D eigenvalue weighted by atomic mass is 10.1. The minimum Gasteiger partial charge on any atom is -0.466 e. The van der Waals surface area contributed by atoms with Gasteiger partial charge in [0.05, 0.1) is 13.0 Å². The summed E-state index contributed by atoms with van der Waals surface area (Å²) in [5.41, 5.74) is -0.673. The van der Waals surface area contributed by atoms with Crippen LogP contribution in [0.3, 0.4) is 0 Å². The quantitative estimate of drug-likeness (QED) is 0.472. The molecule has 0 saturated heterocycles. The first-order valence-corrected chi connectivity index (χ1v) is 5.82. The molecule has 0 spiro atoms. The Labute approximate surface area is 110 Å². The molecule has 0 aromatic carbocycles. The molecule has 0 unspecified atom stereocenters. The van der Waals surface area contributed by atoms with Crippen molar-refractivity contribution in [2.45, 2.75) is 19.8 Å². The number of esters is 1. The Balaban J connectivity index is 3.01. The monoisotopic (exact) mass is 359 g/mol. The summed E-state index contributed by atoms with van der Waals surface area (Å²) in [7, 11) is 0. The van der Waals surface area contributed by atoms with Gasteiger partial charge in [-0.2, -0.15) is 0 Å². The number of alkyl halides is 2.